The van der Waals surface area contributed by atoms with Gasteiger partial charge in [-0.2, -0.15) is 0 Å². The van der Waals surface area contributed by atoms with Gasteiger partial charge in [0.2, 0.25) is 0 Å². The van der Waals surface area contributed by atoms with E-state index in [0.717, 1.165) is 19.1 Å². The number of carbonyl (C=O) groups excluding carboxylic acids is 2. The van der Waals surface area contributed by atoms with E-state index >= 15 is 0 Å². The Bertz CT molecular complexity index is 435. The molecule has 0 saturated carbocycles. The molecule has 1 aromatic rings. The number of amides is 1. The van der Waals surface area contributed by atoms with E-state index in [1.165, 1.54) is 0 Å². The first kappa shape index (κ1) is 14.7. The summed E-state index contributed by atoms with van der Waals surface area (Å²) in [7, 11) is 0. The fourth-order valence-electron chi connectivity index (χ4n) is 2.09. The van der Waals surface area contributed by atoms with Crippen LogP contribution in [0.2, 0.25) is 0 Å². The number of aldehydes is 1. The number of nitrogens with one attached hydrogen (secondary N) is 1. The van der Waals surface area contributed by atoms with Gasteiger partial charge in [0.1, 0.15) is 6.29 Å². The Morgan fingerprint density at radius 1 is 1.30 bits per heavy atom. The molecule has 0 bridgehead atoms. The van der Waals surface area contributed by atoms with E-state index in [4.69, 9.17) is 9.47 Å². The van der Waals surface area contributed by atoms with E-state index in [0.29, 0.717) is 18.8 Å². The monoisotopic (exact) mass is 277 g/mol. The van der Waals surface area contributed by atoms with Gasteiger partial charge in [-0.15, -0.1) is 0 Å². The van der Waals surface area contributed by atoms with Crippen LogP contribution in [0.5, 0.6) is 0 Å². The lowest BCUT2D eigenvalue weighted by molar-refractivity contribution is -0.160. The lowest BCUT2D eigenvalue weighted by Crippen LogP contribution is -2.41. The van der Waals surface area contributed by atoms with Crippen LogP contribution in [0.3, 0.4) is 0 Å². The van der Waals surface area contributed by atoms with Gasteiger partial charge in [0.25, 0.3) is 5.91 Å². The smallest absolute Gasteiger partial charge is 0.251 e. The molecule has 5 nitrogen and oxygen atoms in total. The zero-order valence-electron chi connectivity index (χ0n) is 11.3. The Morgan fingerprint density at radius 2 is 2.10 bits per heavy atom. The van der Waals surface area contributed by atoms with Gasteiger partial charge in [0.15, 0.2) is 6.29 Å². The van der Waals surface area contributed by atoms with Gasteiger partial charge in [0.05, 0.1) is 19.1 Å². The van der Waals surface area contributed by atoms with E-state index in [9.17, 15) is 9.59 Å². The summed E-state index contributed by atoms with van der Waals surface area (Å²) < 4.78 is 10.9. The lowest BCUT2D eigenvalue weighted by Gasteiger charge is -2.25. The molecule has 0 aromatic heterocycles. The Morgan fingerprint density at radius 3 is 2.85 bits per heavy atom. The maximum Gasteiger partial charge on any atom is 0.251 e. The van der Waals surface area contributed by atoms with Crippen molar-refractivity contribution in [2.45, 2.75) is 31.6 Å². The third-order valence-corrected chi connectivity index (χ3v) is 3.14. The van der Waals surface area contributed by atoms with E-state index in [2.05, 4.69) is 5.32 Å². The van der Waals surface area contributed by atoms with Gasteiger partial charge >= 0.3 is 0 Å². The van der Waals surface area contributed by atoms with E-state index in [1.807, 2.05) is 18.2 Å². The molecule has 2 atom stereocenters. The van der Waals surface area contributed by atoms with Gasteiger partial charge in [-0.3, -0.25) is 4.79 Å². The molecule has 2 rings (SSSR count). The largest absolute Gasteiger partial charge is 0.352 e. The average molecular weight is 277 g/mol. The van der Waals surface area contributed by atoms with Crippen LogP contribution in [0.1, 0.15) is 29.6 Å². The predicted octanol–water partition coefficient (Wildman–Crippen LogP) is 1.53. The van der Waals surface area contributed by atoms with Crippen molar-refractivity contribution in [3.63, 3.8) is 0 Å². The zero-order valence-corrected chi connectivity index (χ0v) is 11.3. The number of rotatable bonds is 4. The minimum absolute atomic E-state index is 0.0549. The molecular weight excluding hydrogens is 258 g/mol. The quantitative estimate of drug-likeness (QED) is 0.848. The molecule has 0 radical (unpaired) electrons. The first-order chi connectivity index (χ1) is 9.79. The Balaban J connectivity index is 1.88. The molecular formula is C15H19NO4. The normalized spacial score (nSPS) is 23.4. The maximum absolute atomic E-state index is 12.1. The molecule has 108 valence electrons. The Labute approximate surface area is 118 Å². The van der Waals surface area contributed by atoms with E-state index < -0.39 is 6.29 Å². The van der Waals surface area contributed by atoms with Crippen LogP contribution in [0.4, 0.5) is 0 Å². The van der Waals surface area contributed by atoms with Crippen molar-refractivity contribution in [1.29, 1.82) is 0 Å². The zero-order chi connectivity index (χ0) is 14.2. The van der Waals surface area contributed by atoms with Gasteiger partial charge in [-0.1, -0.05) is 18.2 Å². The Hall–Kier alpha value is -1.72. The van der Waals surface area contributed by atoms with Crippen LogP contribution in [0.25, 0.3) is 0 Å². The summed E-state index contributed by atoms with van der Waals surface area (Å²) in [6, 6.07) is 9.03. The molecule has 0 aliphatic carbocycles. The third kappa shape index (κ3) is 4.43. The highest BCUT2D eigenvalue weighted by atomic mass is 16.7. The highest BCUT2D eigenvalue weighted by Gasteiger charge is 2.19. The van der Waals surface area contributed by atoms with Crippen molar-refractivity contribution in [2.24, 2.45) is 0 Å². The SMILES string of the molecule is O=CC[C@@H]1OCCC[C@H](NC(=O)c2ccccc2)CO1. The number of ether oxygens (including phenoxy) is 2. The van der Waals surface area contributed by atoms with Crippen LogP contribution in [-0.4, -0.2) is 37.7 Å². The van der Waals surface area contributed by atoms with Crippen molar-refractivity contribution < 1.29 is 19.1 Å². The van der Waals surface area contributed by atoms with Crippen molar-refractivity contribution >= 4 is 12.2 Å². The van der Waals surface area contributed by atoms with Gasteiger partial charge in [-0.05, 0) is 25.0 Å². The summed E-state index contributed by atoms with van der Waals surface area (Å²) in [6.07, 6.45) is 2.14. The third-order valence-electron chi connectivity index (χ3n) is 3.14. The van der Waals surface area contributed by atoms with Crippen molar-refractivity contribution in [1.82, 2.24) is 5.32 Å². The molecule has 0 unspecified atom stereocenters. The summed E-state index contributed by atoms with van der Waals surface area (Å²) >= 11 is 0. The van der Waals surface area contributed by atoms with Crippen LogP contribution in [0.15, 0.2) is 30.3 Å². The minimum atomic E-state index is -0.496. The highest BCUT2D eigenvalue weighted by Crippen LogP contribution is 2.10. The van der Waals surface area contributed by atoms with Gasteiger partial charge in [0, 0.05) is 12.2 Å². The molecule has 1 amide bonds. The lowest BCUT2D eigenvalue weighted by atomic mass is 10.1. The fourth-order valence-corrected chi connectivity index (χ4v) is 2.09. The molecule has 1 aliphatic heterocycles. The molecule has 1 aromatic carbocycles. The van der Waals surface area contributed by atoms with Crippen LogP contribution in [0, 0.1) is 0 Å². The first-order valence-corrected chi connectivity index (χ1v) is 6.82. The summed E-state index contributed by atoms with van der Waals surface area (Å²) in [5, 5.41) is 2.96. The second kappa shape index (κ2) is 7.77. The van der Waals surface area contributed by atoms with E-state index in [-0.39, 0.29) is 18.4 Å². The number of hydrogen-bond donors (Lipinski definition) is 1. The van der Waals surface area contributed by atoms with Crippen LogP contribution < -0.4 is 5.32 Å². The summed E-state index contributed by atoms with van der Waals surface area (Å²) in [5.74, 6) is -0.104. The van der Waals surface area contributed by atoms with Crippen LogP contribution in [-0.2, 0) is 14.3 Å². The standard InChI is InChI=1S/C15H19NO4/c17-9-8-14-19-10-4-7-13(11-20-14)16-15(18)12-5-2-1-3-6-12/h1-3,5-6,9,13-14H,4,7-8,10-11H2,(H,16,18)/t13-,14+/m0/s1. The molecule has 1 fully saturated rings. The summed E-state index contributed by atoms with van der Waals surface area (Å²) in [6.45, 7) is 0.896. The van der Waals surface area contributed by atoms with Crippen molar-refractivity contribution in [3.05, 3.63) is 35.9 Å². The molecule has 1 N–H and O–H groups in total. The average Bonchev–Trinajstić information content (AvgIpc) is 2.46. The number of hydrogen-bond acceptors (Lipinski definition) is 4. The van der Waals surface area contributed by atoms with Crippen LogP contribution >= 0.6 is 0 Å². The van der Waals surface area contributed by atoms with E-state index in [1.54, 1.807) is 12.1 Å². The Kier molecular flexibility index (Phi) is 5.70. The topological polar surface area (TPSA) is 64.6 Å². The molecule has 0 spiro atoms. The summed E-state index contributed by atoms with van der Waals surface area (Å²) in [4.78, 5) is 22.6. The molecule has 1 saturated heterocycles. The molecule has 20 heavy (non-hydrogen) atoms. The van der Waals surface area contributed by atoms with Gasteiger partial charge < -0.3 is 19.6 Å². The molecule has 1 aliphatic rings. The number of carbonyl (C=O) groups is 2. The fraction of sp³-hybridized carbons (Fsp3) is 0.467. The van der Waals surface area contributed by atoms with Crippen molar-refractivity contribution in [3.8, 4) is 0 Å². The summed E-state index contributed by atoms with van der Waals surface area (Å²) in [5.41, 5.74) is 0.634. The molecule has 5 heteroatoms. The van der Waals surface area contributed by atoms with Crippen molar-refractivity contribution in [2.75, 3.05) is 13.2 Å². The second-order valence-electron chi connectivity index (χ2n) is 4.71. The maximum atomic E-state index is 12.1. The highest BCUT2D eigenvalue weighted by molar-refractivity contribution is 5.94. The minimum Gasteiger partial charge on any atom is -0.352 e. The second-order valence-corrected chi connectivity index (χ2v) is 4.71. The number of benzene rings is 1. The first-order valence-electron chi connectivity index (χ1n) is 6.82. The molecule has 1 heterocycles. The predicted molar refractivity (Wildman–Crippen MR) is 73.3 cm³/mol. The van der Waals surface area contributed by atoms with Gasteiger partial charge in [-0.25, -0.2) is 0 Å².